The van der Waals surface area contributed by atoms with Crippen molar-refractivity contribution in [2.45, 2.75) is 44.4 Å². The highest BCUT2D eigenvalue weighted by atomic mass is 14.6. The lowest BCUT2D eigenvalue weighted by atomic mass is 9.78. The van der Waals surface area contributed by atoms with E-state index in [2.05, 4.69) is 30.1 Å². The first-order valence-corrected chi connectivity index (χ1v) is 7.36. The van der Waals surface area contributed by atoms with E-state index in [4.69, 9.17) is 5.73 Å². The molecule has 1 aliphatic carbocycles. The van der Waals surface area contributed by atoms with Gasteiger partial charge < -0.3 is 5.73 Å². The van der Waals surface area contributed by atoms with Crippen LogP contribution in [0, 0.1) is 0 Å². The maximum Gasteiger partial charge on any atom is 0.0346 e. The maximum absolute atomic E-state index is 6.09. The zero-order valence-electron chi connectivity index (χ0n) is 11.7. The van der Waals surface area contributed by atoms with Crippen molar-refractivity contribution in [1.82, 2.24) is 4.98 Å². The van der Waals surface area contributed by atoms with Crippen LogP contribution in [0.25, 0.3) is 10.8 Å². The van der Waals surface area contributed by atoms with Gasteiger partial charge in [-0.2, -0.15) is 0 Å². The van der Waals surface area contributed by atoms with Crippen LogP contribution >= 0.6 is 0 Å². The van der Waals surface area contributed by atoms with E-state index in [9.17, 15) is 0 Å². The van der Waals surface area contributed by atoms with Crippen molar-refractivity contribution in [3.05, 3.63) is 41.7 Å². The van der Waals surface area contributed by atoms with Gasteiger partial charge >= 0.3 is 0 Å². The van der Waals surface area contributed by atoms with Gasteiger partial charge in [0.15, 0.2) is 0 Å². The van der Waals surface area contributed by atoms with E-state index < -0.39 is 0 Å². The number of nitrogens with zero attached hydrogens (tertiary/aromatic N) is 1. The average molecular weight is 254 g/mol. The highest BCUT2D eigenvalue weighted by Gasteiger charge is 2.34. The van der Waals surface area contributed by atoms with Gasteiger partial charge in [0.05, 0.1) is 0 Å². The number of hydrogen-bond acceptors (Lipinski definition) is 2. The Morgan fingerprint density at radius 3 is 2.68 bits per heavy atom. The molecule has 1 heterocycles. The summed E-state index contributed by atoms with van der Waals surface area (Å²) in [5.74, 6) is 0. The second-order valence-electron chi connectivity index (χ2n) is 5.78. The molecule has 3 rings (SSSR count). The molecule has 0 bridgehead atoms. The van der Waals surface area contributed by atoms with Crippen LogP contribution < -0.4 is 5.73 Å². The van der Waals surface area contributed by atoms with Gasteiger partial charge in [-0.1, -0.05) is 31.9 Å². The summed E-state index contributed by atoms with van der Waals surface area (Å²) in [6, 6.07) is 6.88. The quantitative estimate of drug-likeness (QED) is 0.909. The van der Waals surface area contributed by atoms with Crippen LogP contribution in [0.5, 0.6) is 0 Å². The SMILES string of the molecule is CCc1cncc2cc(C3(CN)CCCC3)ccc12. The van der Waals surface area contributed by atoms with Crippen molar-refractivity contribution in [1.29, 1.82) is 0 Å². The molecule has 1 fully saturated rings. The minimum Gasteiger partial charge on any atom is -0.330 e. The third-order valence-corrected chi connectivity index (χ3v) is 4.79. The normalized spacial score (nSPS) is 18.0. The summed E-state index contributed by atoms with van der Waals surface area (Å²) >= 11 is 0. The van der Waals surface area contributed by atoms with E-state index in [1.807, 2.05) is 12.4 Å². The summed E-state index contributed by atoms with van der Waals surface area (Å²) in [4.78, 5) is 4.37. The van der Waals surface area contributed by atoms with Crippen LogP contribution in [-0.2, 0) is 11.8 Å². The Morgan fingerprint density at radius 2 is 2.00 bits per heavy atom. The molecule has 1 aromatic heterocycles. The Balaban J connectivity index is 2.11. The Bertz CT molecular complexity index is 583. The smallest absolute Gasteiger partial charge is 0.0346 e. The zero-order chi connectivity index (χ0) is 13.3. The van der Waals surface area contributed by atoms with Gasteiger partial charge in [-0.25, -0.2) is 0 Å². The number of fused-ring (bicyclic) bond motifs is 1. The van der Waals surface area contributed by atoms with Crippen LogP contribution in [0.3, 0.4) is 0 Å². The first kappa shape index (κ1) is 12.6. The van der Waals surface area contributed by atoms with Crippen molar-refractivity contribution >= 4 is 10.8 Å². The third kappa shape index (κ3) is 2.04. The molecule has 2 aromatic rings. The second kappa shape index (κ2) is 4.93. The maximum atomic E-state index is 6.09. The van der Waals surface area contributed by atoms with Crippen molar-refractivity contribution in [2.75, 3.05) is 6.54 Å². The van der Waals surface area contributed by atoms with E-state index in [0.717, 1.165) is 13.0 Å². The van der Waals surface area contributed by atoms with Gasteiger partial charge in [0.1, 0.15) is 0 Å². The monoisotopic (exact) mass is 254 g/mol. The third-order valence-electron chi connectivity index (χ3n) is 4.79. The van der Waals surface area contributed by atoms with E-state index in [1.54, 1.807) is 0 Å². The standard InChI is InChI=1S/C17H22N2/c1-2-13-10-19-11-14-9-15(5-6-16(13)14)17(12-18)7-3-4-8-17/h5-6,9-11H,2-4,7-8,12,18H2,1H3. The Labute approximate surface area is 115 Å². The first-order chi connectivity index (χ1) is 9.29. The molecule has 1 aliphatic rings. The Kier molecular flexibility index (Phi) is 3.28. The van der Waals surface area contributed by atoms with Gasteiger partial charge in [-0.05, 0) is 41.8 Å². The topological polar surface area (TPSA) is 38.9 Å². The molecule has 0 amide bonds. The molecule has 2 nitrogen and oxygen atoms in total. The molecular weight excluding hydrogens is 232 g/mol. The number of aromatic nitrogens is 1. The van der Waals surface area contributed by atoms with Gasteiger partial charge in [-0.15, -0.1) is 0 Å². The first-order valence-electron chi connectivity index (χ1n) is 7.36. The number of rotatable bonds is 3. The molecule has 0 unspecified atom stereocenters. The summed E-state index contributed by atoms with van der Waals surface area (Å²) in [7, 11) is 0. The van der Waals surface area contributed by atoms with Crippen molar-refractivity contribution in [3.8, 4) is 0 Å². The summed E-state index contributed by atoms with van der Waals surface area (Å²) in [5.41, 5.74) is 9.05. The molecule has 0 saturated heterocycles. The minimum absolute atomic E-state index is 0.219. The van der Waals surface area contributed by atoms with Crippen LogP contribution in [-0.4, -0.2) is 11.5 Å². The number of aryl methyl sites for hydroxylation is 1. The van der Waals surface area contributed by atoms with Crippen molar-refractivity contribution in [3.63, 3.8) is 0 Å². The lowest BCUT2D eigenvalue weighted by molar-refractivity contribution is 0.453. The number of benzene rings is 1. The van der Waals surface area contributed by atoms with Crippen molar-refractivity contribution < 1.29 is 0 Å². The molecular formula is C17H22N2. The molecule has 0 aliphatic heterocycles. The summed E-state index contributed by atoms with van der Waals surface area (Å²) in [6.45, 7) is 2.95. The van der Waals surface area contributed by atoms with Gasteiger partial charge in [0, 0.05) is 29.7 Å². The largest absolute Gasteiger partial charge is 0.330 e. The number of pyridine rings is 1. The molecule has 0 radical (unpaired) electrons. The minimum atomic E-state index is 0.219. The average Bonchev–Trinajstić information content (AvgIpc) is 2.96. The lowest BCUT2D eigenvalue weighted by Crippen LogP contribution is -2.31. The summed E-state index contributed by atoms with van der Waals surface area (Å²) < 4.78 is 0. The molecule has 100 valence electrons. The summed E-state index contributed by atoms with van der Waals surface area (Å²) in [5, 5.41) is 2.60. The number of hydrogen-bond donors (Lipinski definition) is 1. The Morgan fingerprint density at radius 1 is 1.21 bits per heavy atom. The van der Waals surface area contributed by atoms with Gasteiger partial charge in [0.25, 0.3) is 0 Å². The van der Waals surface area contributed by atoms with Crippen LogP contribution in [0.4, 0.5) is 0 Å². The predicted octanol–water partition coefficient (Wildman–Crippen LogP) is 3.57. The second-order valence-corrected chi connectivity index (χ2v) is 5.78. The summed E-state index contributed by atoms with van der Waals surface area (Å²) in [6.07, 6.45) is 10.1. The van der Waals surface area contributed by atoms with E-state index in [-0.39, 0.29) is 5.41 Å². The Hall–Kier alpha value is -1.41. The lowest BCUT2D eigenvalue weighted by Gasteiger charge is -2.28. The van der Waals surface area contributed by atoms with Crippen LogP contribution in [0.1, 0.15) is 43.7 Å². The van der Waals surface area contributed by atoms with E-state index in [1.165, 1.54) is 47.6 Å². The molecule has 1 aromatic carbocycles. The molecule has 0 atom stereocenters. The van der Waals surface area contributed by atoms with E-state index >= 15 is 0 Å². The van der Waals surface area contributed by atoms with Crippen molar-refractivity contribution in [2.24, 2.45) is 5.73 Å². The highest BCUT2D eigenvalue weighted by Crippen LogP contribution is 2.41. The number of nitrogens with two attached hydrogens (primary N) is 1. The zero-order valence-corrected chi connectivity index (χ0v) is 11.7. The van der Waals surface area contributed by atoms with Gasteiger partial charge in [-0.3, -0.25) is 4.98 Å². The van der Waals surface area contributed by atoms with E-state index in [0.29, 0.717) is 0 Å². The fraction of sp³-hybridized carbons (Fsp3) is 0.471. The molecule has 19 heavy (non-hydrogen) atoms. The molecule has 0 spiro atoms. The van der Waals surface area contributed by atoms with Crippen LogP contribution in [0.2, 0.25) is 0 Å². The van der Waals surface area contributed by atoms with Gasteiger partial charge in [0.2, 0.25) is 0 Å². The molecule has 2 N–H and O–H groups in total. The predicted molar refractivity (Wildman–Crippen MR) is 80.3 cm³/mol. The van der Waals surface area contributed by atoms with Crippen LogP contribution in [0.15, 0.2) is 30.6 Å². The highest BCUT2D eigenvalue weighted by molar-refractivity contribution is 5.85. The molecule has 2 heteroatoms. The fourth-order valence-corrected chi connectivity index (χ4v) is 3.51. The fourth-order valence-electron chi connectivity index (χ4n) is 3.51. The molecule has 1 saturated carbocycles.